The van der Waals surface area contributed by atoms with Crippen molar-refractivity contribution in [1.29, 1.82) is 0 Å². The van der Waals surface area contributed by atoms with Crippen LogP contribution in [0, 0.1) is 0 Å². The predicted molar refractivity (Wildman–Crippen MR) is 119 cm³/mol. The summed E-state index contributed by atoms with van der Waals surface area (Å²) in [4.78, 5) is 13.4. The van der Waals surface area contributed by atoms with Gasteiger partial charge in [-0.2, -0.15) is 0 Å². The number of aromatic nitrogens is 1. The van der Waals surface area contributed by atoms with Gasteiger partial charge in [-0.15, -0.1) is 0 Å². The molecule has 0 radical (unpaired) electrons. The molecule has 0 spiro atoms. The summed E-state index contributed by atoms with van der Waals surface area (Å²) in [5, 5.41) is 19.7. The van der Waals surface area contributed by atoms with Crippen molar-refractivity contribution in [3.8, 4) is 5.69 Å². The number of benzene rings is 3. The molecule has 0 bridgehead atoms. The van der Waals surface area contributed by atoms with Gasteiger partial charge in [0.15, 0.2) is 0 Å². The summed E-state index contributed by atoms with van der Waals surface area (Å²) in [5.41, 5.74) is 4.96. The largest absolute Gasteiger partial charge is 0.481 e. The maximum absolute atomic E-state index is 11.3. The highest BCUT2D eigenvalue weighted by Gasteiger charge is 2.13. The Morgan fingerprint density at radius 1 is 0.900 bits per heavy atom. The van der Waals surface area contributed by atoms with E-state index in [9.17, 15) is 15.0 Å². The number of carboxylic acids is 1. The zero-order chi connectivity index (χ0) is 20.9. The van der Waals surface area contributed by atoms with Crippen molar-refractivity contribution in [2.45, 2.75) is 13.0 Å². The first-order chi connectivity index (χ1) is 14.7. The highest BCUT2D eigenvalue weighted by Crippen LogP contribution is 2.27. The molecule has 4 aromatic rings. The van der Waals surface area contributed by atoms with Gasteiger partial charge in [-0.1, -0.05) is 48.5 Å². The van der Waals surface area contributed by atoms with Crippen molar-refractivity contribution in [1.82, 2.24) is 4.57 Å². The fourth-order valence-corrected chi connectivity index (χ4v) is 3.82. The Morgan fingerprint density at radius 2 is 1.60 bits per heavy atom. The van der Waals surface area contributed by atoms with Crippen LogP contribution in [0.15, 0.2) is 85.1 Å². The third kappa shape index (κ3) is 4.21. The van der Waals surface area contributed by atoms with Gasteiger partial charge >= 0.3 is 5.97 Å². The van der Waals surface area contributed by atoms with Crippen molar-refractivity contribution in [3.05, 3.63) is 96.2 Å². The van der Waals surface area contributed by atoms with Crippen LogP contribution in [0.1, 0.15) is 11.1 Å². The number of carboxylic acid groups (broad SMARTS) is 1. The Bertz CT molecular complexity index is 1130. The Balaban J connectivity index is 1.65. The van der Waals surface area contributed by atoms with E-state index >= 15 is 0 Å². The second-order valence-electron chi connectivity index (χ2n) is 7.26. The Morgan fingerprint density at radius 3 is 2.30 bits per heavy atom. The first-order valence-corrected chi connectivity index (χ1v) is 9.96. The summed E-state index contributed by atoms with van der Waals surface area (Å²) in [6.45, 7) is 1.34. The number of fused-ring (bicyclic) bond motifs is 1. The lowest BCUT2D eigenvalue weighted by Crippen LogP contribution is -2.26. The number of para-hydroxylation sites is 1. The molecule has 5 nitrogen and oxygen atoms in total. The maximum Gasteiger partial charge on any atom is 0.307 e. The lowest BCUT2D eigenvalue weighted by atomic mass is 10.1. The molecule has 2 N–H and O–H groups in total. The van der Waals surface area contributed by atoms with Crippen LogP contribution in [-0.4, -0.2) is 33.9 Å². The molecular weight excluding hydrogens is 376 g/mol. The minimum atomic E-state index is -0.839. The number of anilines is 1. The quantitative estimate of drug-likeness (QED) is 0.464. The van der Waals surface area contributed by atoms with E-state index in [1.54, 1.807) is 0 Å². The average molecular weight is 400 g/mol. The monoisotopic (exact) mass is 400 g/mol. The normalized spacial score (nSPS) is 11.0. The zero-order valence-electron chi connectivity index (χ0n) is 16.6. The average Bonchev–Trinajstić information content (AvgIpc) is 3.12. The van der Waals surface area contributed by atoms with E-state index in [4.69, 9.17) is 0 Å². The van der Waals surface area contributed by atoms with E-state index in [2.05, 4.69) is 17.0 Å². The zero-order valence-corrected chi connectivity index (χ0v) is 16.6. The third-order valence-electron chi connectivity index (χ3n) is 5.22. The van der Waals surface area contributed by atoms with Crippen LogP contribution in [-0.2, 0) is 17.8 Å². The first kappa shape index (κ1) is 19.7. The van der Waals surface area contributed by atoms with Gasteiger partial charge in [0, 0.05) is 36.0 Å². The second kappa shape index (κ2) is 8.84. The molecule has 0 saturated carbocycles. The standard InChI is InChI=1S/C25H24N2O3/c28-15-14-26(17-19-6-2-1-3-7-19)21-10-12-22(13-11-21)27-18-20(16-25(29)30)23-8-4-5-9-24(23)27/h1-13,18,28H,14-17H2,(H,29,30). The van der Waals surface area contributed by atoms with E-state index in [-0.39, 0.29) is 13.0 Å². The van der Waals surface area contributed by atoms with Crippen molar-refractivity contribution in [2.75, 3.05) is 18.1 Å². The van der Waals surface area contributed by atoms with E-state index in [1.165, 1.54) is 5.56 Å². The number of rotatable bonds is 8. The minimum Gasteiger partial charge on any atom is -0.481 e. The van der Waals surface area contributed by atoms with Gasteiger partial charge in [-0.05, 0) is 41.5 Å². The highest BCUT2D eigenvalue weighted by atomic mass is 16.4. The topological polar surface area (TPSA) is 65.7 Å². The first-order valence-electron chi connectivity index (χ1n) is 9.96. The van der Waals surface area contributed by atoms with Crippen LogP contribution < -0.4 is 4.90 Å². The van der Waals surface area contributed by atoms with E-state index in [1.807, 2.05) is 77.5 Å². The van der Waals surface area contributed by atoms with Crippen LogP contribution in [0.2, 0.25) is 0 Å². The van der Waals surface area contributed by atoms with Crippen molar-refractivity contribution >= 4 is 22.6 Å². The van der Waals surface area contributed by atoms with Crippen LogP contribution in [0.4, 0.5) is 5.69 Å². The molecule has 3 aromatic carbocycles. The van der Waals surface area contributed by atoms with Gasteiger partial charge in [0.05, 0.1) is 18.5 Å². The smallest absolute Gasteiger partial charge is 0.307 e. The molecule has 0 saturated heterocycles. The lowest BCUT2D eigenvalue weighted by Gasteiger charge is -2.24. The molecule has 152 valence electrons. The SMILES string of the molecule is O=C(O)Cc1cn(-c2ccc(N(CCO)Cc3ccccc3)cc2)c2ccccc12. The molecule has 1 heterocycles. The number of carbonyl (C=O) groups is 1. The Hall–Kier alpha value is -3.57. The Kier molecular flexibility index (Phi) is 5.82. The molecule has 5 heteroatoms. The molecule has 0 aliphatic rings. The Labute approximate surface area is 175 Å². The lowest BCUT2D eigenvalue weighted by molar-refractivity contribution is -0.136. The van der Waals surface area contributed by atoms with Gasteiger partial charge in [0.25, 0.3) is 0 Å². The predicted octanol–water partition coefficient (Wildman–Crippen LogP) is 4.26. The number of hydrogen-bond donors (Lipinski definition) is 2. The number of nitrogens with zero attached hydrogens (tertiary/aromatic N) is 2. The van der Waals surface area contributed by atoms with Gasteiger partial charge in [-0.3, -0.25) is 4.79 Å². The van der Waals surface area contributed by atoms with Crippen LogP contribution >= 0.6 is 0 Å². The molecule has 0 fully saturated rings. The van der Waals surface area contributed by atoms with Crippen molar-refractivity contribution in [3.63, 3.8) is 0 Å². The fraction of sp³-hybridized carbons (Fsp3) is 0.160. The molecule has 0 aliphatic heterocycles. The molecule has 4 rings (SSSR count). The second-order valence-corrected chi connectivity index (χ2v) is 7.26. The number of aliphatic carboxylic acids is 1. The van der Waals surface area contributed by atoms with E-state index in [0.717, 1.165) is 34.4 Å². The summed E-state index contributed by atoms with van der Waals surface area (Å²) in [7, 11) is 0. The van der Waals surface area contributed by atoms with Crippen LogP contribution in [0.3, 0.4) is 0 Å². The summed E-state index contributed by atoms with van der Waals surface area (Å²) < 4.78 is 2.03. The van der Waals surface area contributed by atoms with Gasteiger partial charge in [0.1, 0.15) is 0 Å². The summed E-state index contributed by atoms with van der Waals surface area (Å²) >= 11 is 0. The summed E-state index contributed by atoms with van der Waals surface area (Å²) in [6.07, 6.45) is 1.90. The molecule has 0 unspecified atom stereocenters. The molecule has 0 atom stereocenters. The number of aliphatic hydroxyl groups is 1. The minimum absolute atomic E-state index is 0.00699. The molecule has 30 heavy (non-hydrogen) atoms. The fourth-order valence-electron chi connectivity index (χ4n) is 3.82. The van der Waals surface area contributed by atoms with E-state index < -0.39 is 5.97 Å². The van der Waals surface area contributed by atoms with Gasteiger partial charge in [0.2, 0.25) is 0 Å². The summed E-state index contributed by atoms with van der Waals surface area (Å²) in [6, 6.07) is 26.2. The van der Waals surface area contributed by atoms with Gasteiger partial charge < -0.3 is 19.7 Å². The third-order valence-corrected chi connectivity index (χ3v) is 5.22. The van der Waals surface area contributed by atoms with Crippen LogP contribution in [0.5, 0.6) is 0 Å². The molecule has 0 amide bonds. The van der Waals surface area contributed by atoms with Gasteiger partial charge in [-0.25, -0.2) is 0 Å². The highest BCUT2D eigenvalue weighted by molar-refractivity contribution is 5.88. The summed E-state index contributed by atoms with van der Waals surface area (Å²) in [5.74, 6) is -0.839. The number of aliphatic hydroxyl groups excluding tert-OH is 1. The van der Waals surface area contributed by atoms with E-state index in [0.29, 0.717) is 6.54 Å². The molecular formula is C25H24N2O3. The number of hydrogen-bond acceptors (Lipinski definition) is 3. The maximum atomic E-state index is 11.3. The molecule has 1 aromatic heterocycles. The van der Waals surface area contributed by atoms with Crippen molar-refractivity contribution < 1.29 is 15.0 Å². The molecule has 0 aliphatic carbocycles. The van der Waals surface area contributed by atoms with Crippen molar-refractivity contribution in [2.24, 2.45) is 0 Å². The van der Waals surface area contributed by atoms with Crippen LogP contribution in [0.25, 0.3) is 16.6 Å².